The van der Waals surface area contributed by atoms with E-state index in [2.05, 4.69) is 46.3 Å². The number of benzene rings is 2. The number of aliphatic imine (C=N–C) groups is 1. The number of rotatable bonds is 2. The number of guanidine groups is 1. The smallest absolute Gasteiger partial charge is 0.191 e. The number of nitrogens with zero attached hydrogens (tertiary/aromatic N) is 2. The summed E-state index contributed by atoms with van der Waals surface area (Å²) in [6, 6.07) is 18.8. The third kappa shape index (κ3) is 2.82. The van der Waals surface area contributed by atoms with Crippen LogP contribution in [0.25, 0.3) is 0 Å². The third-order valence-electron chi connectivity index (χ3n) is 3.72. The maximum atomic E-state index is 6.13. The molecular weight excluding hydrogens is 246 g/mol. The molecule has 2 N–H and O–H groups in total. The van der Waals surface area contributed by atoms with Crippen LogP contribution < -0.4 is 5.73 Å². The SMILES string of the molecule is NC(=NCc1ccccc1)N1CCc2ccccc2C1. The highest BCUT2D eigenvalue weighted by atomic mass is 15.2. The Hall–Kier alpha value is -2.29. The molecular formula is C17H19N3. The van der Waals surface area contributed by atoms with Crippen LogP contribution >= 0.6 is 0 Å². The Balaban J connectivity index is 1.68. The molecule has 0 amide bonds. The van der Waals surface area contributed by atoms with Crippen molar-refractivity contribution in [3.63, 3.8) is 0 Å². The Morgan fingerprint density at radius 1 is 1.00 bits per heavy atom. The minimum Gasteiger partial charge on any atom is -0.370 e. The average Bonchev–Trinajstić information content (AvgIpc) is 2.53. The van der Waals surface area contributed by atoms with E-state index >= 15 is 0 Å². The fraction of sp³-hybridized carbons (Fsp3) is 0.235. The molecule has 0 fully saturated rings. The lowest BCUT2D eigenvalue weighted by atomic mass is 10.0. The van der Waals surface area contributed by atoms with Gasteiger partial charge < -0.3 is 10.6 Å². The Morgan fingerprint density at radius 3 is 2.50 bits per heavy atom. The zero-order chi connectivity index (χ0) is 13.8. The predicted octanol–water partition coefficient (Wildman–Crippen LogP) is 2.56. The van der Waals surface area contributed by atoms with E-state index in [1.54, 1.807) is 0 Å². The summed E-state index contributed by atoms with van der Waals surface area (Å²) in [7, 11) is 0. The van der Waals surface area contributed by atoms with Gasteiger partial charge >= 0.3 is 0 Å². The second kappa shape index (κ2) is 5.78. The van der Waals surface area contributed by atoms with Gasteiger partial charge in [-0.25, -0.2) is 4.99 Å². The van der Waals surface area contributed by atoms with Crippen molar-refractivity contribution in [1.29, 1.82) is 0 Å². The molecule has 2 aromatic carbocycles. The molecule has 3 heteroatoms. The van der Waals surface area contributed by atoms with Gasteiger partial charge in [-0.15, -0.1) is 0 Å². The van der Waals surface area contributed by atoms with Crippen molar-refractivity contribution in [1.82, 2.24) is 4.90 Å². The first-order chi connectivity index (χ1) is 9.83. The van der Waals surface area contributed by atoms with Crippen molar-refractivity contribution in [3.05, 3.63) is 71.3 Å². The van der Waals surface area contributed by atoms with Gasteiger partial charge in [0, 0.05) is 13.1 Å². The summed E-state index contributed by atoms with van der Waals surface area (Å²) in [6.07, 6.45) is 1.04. The molecule has 0 unspecified atom stereocenters. The van der Waals surface area contributed by atoms with Crippen LogP contribution in [0.5, 0.6) is 0 Å². The van der Waals surface area contributed by atoms with Gasteiger partial charge in [0.05, 0.1) is 6.54 Å². The van der Waals surface area contributed by atoms with Crippen LogP contribution in [0.1, 0.15) is 16.7 Å². The van der Waals surface area contributed by atoms with E-state index < -0.39 is 0 Å². The Morgan fingerprint density at radius 2 is 1.70 bits per heavy atom. The van der Waals surface area contributed by atoms with Crippen LogP contribution in [0.4, 0.5) is 0 Å². The van der Waals surface area contributed by atoms with Crippen molar-refractivity contribution in [2.45, 2.75) is 19.5 Å². The minimum absolute atomic E-state index is 0.642. The van der Waals surface area contributed by atoms with Gasteiger partial charge in [0.25, 0.3) is 0 Å². The molecule has 20 heavy (non-hydrogen) atoms. The lowest BCUT2D eigenvalue weighted by Crippen LogP contribution is -2.40. The van der Waals surface area contributed by atoms with Crippen molar-refractivity contribution >= 4 is 5.96 Å². The molecule has 0 aromatic heterocycles. The van der Waals surface area contributed by atoms with Crippen LogP contribution in [0.15, 0.2) is 59.6 Å². The van der Waals surface area contributed by atoms with Gasteiger partial charge in [0.1, 0.15) is 0 Å². The van der Waals surface area contributed by atoms with Crippen LogP contribution in [0, 0.1) is 0 Å². The van der Waals surface area contributed by atoms with Crippen molar-refractivity contribution in [2.75, 3.05) is 6.54 Å². The second-order valence-electron chi connectivity index (χ2n) is 5.10. The molecule has 0 spiro atoms. The molecule has 0 bridgehead atoms. The van der Waals surface area contributed by atoms with Crippen LogP contribution in [0.2, 0.25) is 0 Å². The summed E-state index contributed by atoms with van der Waals surface area (Å²) in [5.41, 5.74) is 10.1. The highest BCUT2D eigenvalue weighted by molar-refractivity contribution is 5.78. The molecule has 102 valence electrons. The van der Waals surface area contributed by atoms with Crippen LogP contribution in [-0.2, 0) is 19.5 Å². The molecule has 1 aliphatic heterocycles. The number of hydrogen-bond donors (Lipinski definition) is 1. The summed E-state index contributed by atoms with van der Waals surface area (Å²) in [4.78, 5) is 6.67. The first-order valence-corrected chi connectivity index (χ1v) is 6.98. The van der Waals surface area contributed by atoms with E-state index in [0.29, 0.717) is 12.5 Å². The molecule has 2 aromatic rings. The zero-order valence-corrected chi connectivity index (χ0v) is 11.5. The summed E-state index contributed by atoms with van der Waals surface area (Å²) in [5.74, 6) is 0.642. The third-order valence-corrected chi connectivity index (χ3v) is 3.72. The van der Waals surface area contributed by atoms with Crippen LogP contribution in [0.3, 0.4) is 0 Å². The Kier molecular flexibility index (Phi) is 3.68. The van der Waals surface area contributed by atoms with Crippen molar-refractivity contribution < 1.29 is 0 Å². The molecule has 1 heterocycles. The number of hydrogen-bond acceptors (Lipinski definition) is 1. The largest absolute Gasteiger partial charge is 0.370 e. The van der Waals surface area contributed by atoms with Crippen molar-refractivity contribution in [3.8, 4) is 0 Å². The molecule has 0 saturated carbocycles. The molecule has 0 atom stereocenters. The summed E-state index contributed by atoms with van der Waals surface area (Å²) in [6.45, 7) is 2.45. The maximum absolute atomic E-state index is 6.13. The minimum atomic E-state index is 0.642. The van der Waals surface area contributed by atoms with Gasteiger partial charge in [0.15, 0.2) is 5.96 Å². The first kappa shape index (κ1) is 12.7. The quantitative estimate of drug-likeness (QED) is 0.670. The molecule has 0 aliphatic carbocycles. The fourth-order valence-corrected chi connectivity index (χ4v) is 2.55. The topological polar surface area (TPSA) is 41.6 Å². The highest BCUT2D eigenvalue weighted by Crippen LogP contribution is 2.18. The lowest BCUT2D eigenvalue weighted by Gasteiger charge is -2.29. The summed E-state index contributed by atoms with van der Waals surface area (Å²) < 4.78 is 0. The maximum Gasteiger partial charge on any atom is 0.191 e. The van der Waals surface area contributed by atoms with Gasteiger partial charge in [-0.05, 0) is 23.1 Å². The fourth-order valence-electron chi connectivity index (χ4n) is 2.55. The predicted molar refractivity (Wildman–Crippen MR) is 82.3 cm³/mol. The van der Waals surface area contributed by atoms with E-state index in [1.165, 1.54) is 16.7 Å². The van der Waals surface area contributed by atoms with Gasteiger partial charge in [-0.2, -0.15) is 0 Å². The second-order valence-corrected chi connectivity index (χ2v) is 5.10. The normalized spacial score (nSPS) is 15.0. The monoisotopic (exact) mass is 265 g/mol. The summed E-state index contributed by atoms with van der Waals surface area (Å²) in [5, 5.41) is 0. The zero-order valence-electron chi connectivity index (χ0n) is 11.5. The lowest BCUT2D eigenvalue weighted by molar-refractivity contribution is 0.388. The van der Waals surface area contributed by atoms with E-state index in [-0.39, 0.29) is 0 Å². The highest BCUT2D eigenvalue weighted by Gasteiger charge is 2.16. The van der Waals surface area contributed by atoms with Gasteiger partial charge in [-0.1, -0.05) is 54.6 Å². The Labute approximate surface area is 119 Å². The molecule has 1 aliphatic rings. The van der Waals surface area contributed by atoms with Crippen molar-refractivity contribution in [2.24, 2.45) is 10.7 Å². The van der Waals surface area contributed by atoms with Gasteiger partial charge in [-0.3, -0.25) is 0 Å². The summed E-state index contributed by atoms with van der Waals surface area (Å²) >= 11 is 0. The van der Waals surface area contributed by atoms with Crippen LogP contribution in [-0.4, -0.2) is 17.4 Å². The van der Waals surface area contributed by atoms with Gasteiger partial charge in [0.2, 0.25) is 0 Å². The number of nitrogens with two attached hydrogens (primary N) is 1. The van der Waals surface area contributed by atoms with E-state index in [4.69, 9.17) is 5.73 Å². The van der Waals surface area contributed by atoms with E-state index in [0.717, 1.165) is 19.5 Å². The Bertz CT molecular complexity index is 605. The number of fused-ring (bicyclic) bond motifs is 1. The standard InChI is InChI=1S/C17H19N3/c18-17(19-12-14-6-2-1-3-7-14)20-11-10-15-8-4-5-9-16(15)13-20/h1-9H,10-13H2,(H2,18,19). The molecule has 3 rings (SSSR count). The van der Waals surface area contributed by atoms with E-state index in [1.807, 2.05) is 18.2 Å². The molecule has 0 saturated heterocycles. The molecule has 3 nitrogen and oxygen atoms in total. The molecule has 0 radical (unpaired) electrons. The average molecular weight is 265 g/mol. The first-order valence-electron chi connectivity index (χ1n) is 6.98. The van der Waals surface area contributed by atoms with E-state index in [9.17, 15) is 0 Å².